The molecule has 0 aliphatic carbocycles. The maximum atomic E-state index is 12.2. The second kappa shape index (κ2) is 7.27. The molecular formula is C17H22N2OS. The fourth-order valence-electron chi connectivity index (χ4n) is 2.34. The molecule has 0 radical (unpaired) electrons. The molecule has 3 N–H and O–H groups in total. The molecule has 0 fully saturated rings. The van der Waals surface area contributed by atoms with Gasteiger partial charge in [-0.05, 0) is 41.5 Å². The summed E-state index contributed by atoms with van der Waals surface area (Å²) in [5.41, 5.74) is 7.58. The lowest BCUT2D eigenvalue weighted by Crippen LogP contribution is -2.28. The lowest BCUT2D eigenvalue weighted by Gasteiger charge is -2.18. The molecular weight excluding hydrogens is 280 g/mol. The summed E-state index contributed by atoms with van der Waals surface area (Å²) < 4.78 is 0. The van der Waals surface area contributed by atoms with Crippen LogP contribution < -0.4 is 11.1 Å². The molecule has 0 spiro atoms. The third-order valence-corrected chi connectivity index (χ3v) is 4.61. The Morgan fingerprint density at radius 2 is 2.00 bits per heavy atom. The minimum Gasteiger partial charge on any atom is -0.399 e. The molecule has 2 unspecified atom stereocenters. The summed E-state index contributed by atoms with van der Waals surface area (Å²) in [5, 5.41) is 5.17. The lowest BCUT2D eigenvalue weighted by atomic mass is 9.97. The first-order valence-corrected chi connectivity index (χ1v) is 8.16. The molecule has 1 heterocycles. The smallest absolute Gasteiger partial charge is 0.221 e. The van der Waals surface area contributed by atoms with E-state index >= 15 is 0 Å². The van der Waals surface area contributed by atoms with E-state index in [1.807, 2.05) is 35.7 Å². The second-order valence-corrected chi connectivity index (χ2v) is 6.29. The highest BCUT2D eigenvalue weighted by Crippen LogP contribution is 2.24. The van der Waals surface area contributed by atoms with Crippen molar-refractivity contribution in [2.45, 2.75) is 38.6 Å². The van der Waals surface area contributed by atoms with Crippen molar-refractivity contribution in [3.8, 4) is 0 Å². The van der Waals surface area contributed by atoms with Crippen molar-refractivity contribution in [3.63, 3.8) is 0 Å². The standard InChI is InChI=1S/C17H22N2OS/c1-3-15(16-5-4-10-21-16)19-17(20)11-12(2)13-6-8-14(18)9-7-13/h4-10,12,15H,3,11,18H2,1-2H3,(H,19,20). The van der Waals surface area contributed by atoms with Gasteiger partial charge in [0.15, 0.2) is 0 Å². The Bertz CT molecular complexity index is 563. The first kappa shape index (κ1) is 15.6. The van der Waals surface area contributed by atoms with Crippen molar-refractivity contribution in [3.05, 3.63) is 52.2 Å². The number of hydrogen-bond acceptors (Lipinski definition) is 3. The Kier molecular flexibility index (Phi) is 5.39. The minimum absolute atomic E-state index is 0.0968. The number of nitrogens with one attached hydrogen (secondary N) is 1. The predicted molar refractivity (Wildman–Crippen MR) is 89.4 cm³/mol. The van der Waals surface area contributed by atoms with Gasteiger partial charge in [0.25, 0.3) is 0 Å². The van der Waals surface area contributed by atoms with Gasteiger partial charge in [0, 0.05) is 17.0 Å². The normalized spacial score (nSPS) is 13.6. The lowest BCUT2D eigenvalue weighted by molar-refractivity contribution is -0.122. The Balaban J connectivity index is 1.93. The van der Waals surface area contributed by atoms with Crippen molar-refractivity contribution in [2.24, 2.45) is 0 Å². The highest BCUT2D eigenvalue weighted by atomic mass is 32.1. The molecule has 0 aliphatic heterocycles. The Hall–Kier alpha value is -1.81. The molecule has 4 heteroatoms. The second-order valence-electron chi connectivity index (χ2n) is 5.32. The van der Waals surface area contributed by atoms with Gasteiger partial charge >= 0.3 is 0 Å². The first-order chi connectivity index (χ1) is 10.1. The van der Waals surface area contributed by atoms with Crippen LogP contribution in [0.25, 0.3) is 0 Å². The summed E-state index contributed by atoms with van der Waals surface area (Å²) >= 11 is 1.69. The van der Waals surface area contributed by atoms with E-state index in [9.17, 15) is 4.79 Å². The molecule has 1 aromatic carbocycles. The van der Waals surface area contributed by atoms with Gasteiger partial charge in [-0.25, -0.2) is 0 Å². The monoisotopic (exact) mass is 302 g/mol. The van der Waals surface area contributed by atoms with Crippen LogP contribution in [0.5, 0.6) is 0 Å². The number of thiophene rings is 1. The Morgan fingerprint density at radius 3 is 2.57 bits per heavy atom. The van der Waals surface area contributed by atoms with Gasteiger partial charge in [0.1, 0.15) is 0 Å². The maximum absolute atomic E-state index is 12.2. The molecule has 0 aliphatic rings. The van der Waals surface area contributed by atoms with E-state index < -0.39 is 0 Å². The van der Waals surface area contributed by atoms with Crippen LogP contribution in [-0.4, -0.2) is 5.91 Å². The van der Waals surface area contributed by atoms with Crippen molar-refractivity contribution in [1.29, 1.82) is 0 Å². The molecule has 0 saturated heterocycles. The van der Waals surface area contributed by atoms with Gasteiger partial charge in [0.05, 0.1) is 6.04 Å². The predicted octanol–water partition coefficient (Wildman–Crippen LogP) is 4.09. The number of amides is 1. The molecule has 3 nitrogen and oxygen atoms in total. The zero-order chi connectivity index (χ0) is 15.2. The number of benzene rings is 1. The van der Waals surface area contributed by atoms with E-state index in [2.05, 4.69) is 25.2 Å². The summed E-state index contributed by atoms with van der Waals surface area (Å²) in [7, 11) is 0. The van der Waals surface area contributed by atoms with Crippen molar-refractivity contribution >= 4 is 22.9 Å². The average Bonchev–Trinajstić information content (AvgIpc) is 2.99. The average molecular weight is 302 g/mol. The number of hydrogen-bond donors (Lipinski definition) is 2. The number of rotatable bonds is 6. The summed E-state index contributed by atoms with van der Waals surface area (Å²) in [6.07, 6.45) is 1.40. The van der Waals surface area contributed by atoms with Crippen LogP contribution >= 0.6 is 11.3 Å². The van der Waals surface area contributed by atoms with Crippen LogP contribution in [0.15, 0.2) is 41.8 Å². The number of nitrogens with two attached hydrogens (primary N) is 1. The topological polar surface area (TPSA) is 55.1 Å². The van der Waals surface area contributed by atoms with E-state index in [0.717, 1.165) is 17.7 Å². The quantitative estimate of drug-likeness (QED) is 0.790. The number of anilines is 1. The number of nitrogen functional groups attached to an aromatic ring is 1. The zero-order valence-corrected chi connectivity index (χ0v) is 13.3. The molecule has 112 valence electrons. The van der Waals surface area contributed by atoms with E-state index in [1.54, 1.807) is 11.3 Å². The fourth-order valence-corrected chi connectivity index (χ4v) is 3.20. The molecule has 1 amide bonds. The van der Waals surface area contributed by atoms with Crippen LogP contribution in [0.3, 0.4) is 0 Å². The molecule has 2 rings (SSSR count). The van der Waals surface area contributed by atoms with Crippen LogP contribution in [0.1, 0.15) is 49.1 Å². The van der Waals surface area contributed by atoms with Crippen LogP contribution in [0.2, 0.25) is 0 Å². The van der Waals surface area contributed by atoms with E-state index in [4.69, 9.17) is 5.73 Å². The zero-order valence-electron chi connectivity index (χ0n) is 12.5. The third-order valence-electron chi connectivity index (χ3n) is 3.63. The van der Waals surface area contributed by atoms with Crippen molar-refractivity contribution < 1.29 is 4.79 Å². The summed E-state index contributed by atoms with van der Waals surface area (Å²) in [5.74, 6) is 0.283. The van der Waals surface area contributed by atoms with E-state index in [0.29, 0.717) is 6.42 Å². The van der Waals surface area contributed by atoms with Gasteiger partial charge in [0.2, 0.25) is 5.91 Å². The minimum atomic E-state index is 0.0968. The molecule has 1 aromatic heterocycles. The highest BCUT2D eigenvalue weighted by Gasteiger charge is 2.16. The van der Waals surface area contributed by atoms with Gasteiger partial charge < -0.3 is 11.1 Å². The van der Waals surface area contributed by atoms with E-state index in [1.165, 1.54) is 4.88 Å². The van der Waals surface area contributed by atoms with Crippen LogP contribution in [0.4, 0.5) is 5.69 Å². The molecule has 2 atom stereocenters. The number of carbonyl (C=O) groups is 1. The largest absolute Gasteiger partial charge is 0.399 e. The van der Waals surface area contributed by atoms with Crippen LogP contribution in [-0.2, 0) is 4.79 Å². The van der Waals surface area contributed by atoms with Crippen LogP contribution in [0, 0.1) is 0 Å². The van der Waals surface area contributed by atoms with Crippen molar-refractivity contribution in [2.75, 3.05) is 5.73 Å². The van der Waals surface area contributed by atoms with Gasteiger partial charge in [-0.3, -0.25) is 4.79 Å². The summed E-state index contributed by atoms with van der Waals surface area (Å²) in [6.45, 7) is 4.16. The molecule has 2 aromatic rings. The van der Waals surface area contributed by atoms with Gasteiger partial charge in [-0.15, -0.1) is 11.3 Å². The molecule has 0 saturated carbocycles. The molecule has 21 heavy (non-hydrogen) atoms. The summed E-state index contributed by atoms with van der Waals surface area (Å²) in [4.78, 5) is 13.4. The van der Waals surface area contributed by atoms with Gasteiger partial charge in [-0.1, -0.05) is 32.0 Å². The third kappa shape index (κ3) is 4.33. The SMILES string of the molecule is CCC(NC(=O)CC(C)c1ccc(N)cc1)c1cccs1. The number of carbonyl (C=O) groups excluding carboxylic acids is 1. The fraction of sp³-hybridized carbons (Fsp3) is 0.353. The van der Waals surface area contributed by atoms with E-state index in [-0.39, 0.29) is 17.9 Å². The Labute approximate surface area is 130 Å². The van der Waals surface area contributed by atoms with Gasteiger partial charge in [-0.2, -0.15) is 0 Å². The van der Waals surface area contributed by atoms with Crippen molar-refractivity contribution in [1.82, 2.24) is 5.32 Å². The molecule has 0 bridgehead atoms. The highest BCUT2D eigenvalue weighted by molar-refractivity contribution is 7.10. The maximum Gasteiger partial charge on any atom is 0.221 e. The Morgan fingerprint density at radius 1 is 1.29 bits per heavy atom. The summed E-state index contributed by atoms with van der Waals surface area (Å²) in [6, 6.07) is 12.0. The first-order valence-electron chi connectivity index (χ1n) is 7.28.